The van der Waals surface area contributed by atoms with Gasteiger partial charge in [0.15, 0.2) is 0 Å². The highest BCUT2D eigenvalue weighted by Gasteiger charge is 2.19. The van der Waals surface area contributed by atoms with E-state index in [9.17, 15) is 9.59 Å². The molecule has 6 nitrogen and oxygen atoms in total. The van der Waals surface area contributed by atoms with E-state index in [2.05, 4.69) is 10.4 Å². The zero-order chi connectivity index (χ0) is 13.7. The number of carbonyl (C=O) groups is 2. The Kier molecular flexibility index (Phi) is 4.54. The molecule has 0 unspecified atom stereocenters. The Labute approximate surface area is 111 Å². The lowest BCUT2D eigenvalue weighted by molar-refractivity contribution is -0.137. The summed E-state index contributed by atoms with van der Waals surface area (Å²) in [5.74, 6) is -1.24. The summed E-state index contributed by atoms with van der Waals surface area (Å²) in [6, 6.07) is 1.75. The van der Waals surface area contributed by atoms with E-state index in [0.29, 0.717) is 5.69 Å². The van der Waals surface area contributed by atoms with Crippen LogP contribution in [0.1, 0.15) is 49.0 Å². The smallest absolute Gasteiger partial charge is 0.325 e. The van der Waals surface area contributed by atoms with Crippen molar-refractivity contribution in [3.63, 3.8) is 0 Å². The first-order chi connectivity index (χ1) is 9.16. The van der Waals surface area contributed by atoms with Crippen molar-refractivity contribution in [2.24, 2.45) is 0 Å². The number of amides is 1. The van der Waals surface area contributed by atoms with Crippen molar-refractivity contribution in [3.05, 3.63) is 18.0 Å². The minimum absolute atomic E-state index is 0.197. The standard InChI is InChI=1S/C13H19N3O3/c17-12(18)9-16-11(7-8-14-16)13(19)15-10-5-3-1-2-4-6-10/h7-8,10H,1-6,9H2,(H,15,19)(H,17,18). The molecule has 1 aromatic heterocycles. The zero-order valence-corrected chi connectivity index (χ0v) is 10.8. The molecule has 1 heterocycles. The minimum atomic E-state index is -1.01. The molecule has 1 aromatic rings. The van der Waals surface area contributed by atoms with Crippen molar-refractivity contribution in [2.75, 3.05) is 0 Å². The van der Waals surface area contributed by atoms with Crippen LogP contribution in [0.15, 0.2) is 12.3 Å². The number of nitrogens with zero attached hydrogens (tertiary/aromatic N) is 2. The van der Waals surface area contributed by atoms with Crippen LogP contribution in [0, 0.1) is 0 Å². The molecule has 0 spiro atoms. The second kappa shape index (κ2) is 6.36. The lowest BCUT2D eigenvalue weighted by Crippen LogP contribution is -2.36. The van der Waals surface area contributed by atoms with Gasteiger partial charge in [-0.15, -0.1) is 0 Å². The Bertz CT molecular complexity index is 448. The molecule has 0 atom stereocenters. The molecule has 6 heteroatoms. The minimum Gasteiger partial charge on any atom is -0.480 e. The molecule has 19 heavy (non-hydrogen) atoms. The Morgan fingerprint density at radius 1 is 1.32 bits per heavy atom. The third kappa shape index (κ3) is 3.81. The molecule has 0 aromatic carbocycles. The third-order valence-electron chi connectivity index (χ3n) is 3.42. The fraction of sp³-hybridized carbons (Fsp3) is 0.615. The quantitative estimate of drug-likeness (QED) is 0.806. The van der Waals surface area contributed by atoms with Crippen LogP contribution in [0.2, 0.25) is 0 Å². The van der Waals surface area contributed by atoms with Gasteiger partial charge in [-0.1, -0.05) is 25.7 Å². The van der Waals surface area contributed by atoms with Gasteiger partial charge in [-0.25, -0.2) is 4.68 Å². The van der Waals surface area contributed by atoms with Gasteiger partial charge in [0, 0.05) is 12.2 Å². The zero-order valence-electron chi connectivity index (χ0n) is 10.8. The average molecular weight is 265 g/mol. The molecule has 0 saturated heterocycles. The fourth-order valence-corrected chi connectivity index (χ4v) is 2.46. The fourth-order valence-electron chi connectivity index (χ4n) is 2.46. The lowest BCUT2D eigenvalue weighted by Gasteiger charge is -2.16. The van der Waals surface area contributed by atoms with Crippen LogP contribution in [-0.4, -0.2) is 32.8 Å². The summed E-state index contributed by atoms with van der Waals surface area (Å²) in [5, 5.41) is 15.6. The van der Waals surface area contributed by atoms with Crippen LogP contribution in [0.25, 0.3) is 0 Å². The molecule has 0 aliphatic heterocycles. The molecule has 2 rings (SSSR count). The summed E-state index contributed by atoms with van der Waals surface area (Å²) in [4.78, 5) is 22.8. The first kappa shape index (κ1) is 13.6. The molecule has 1 fully saturated rings. The number of hydrogen-bond donors (Lipinski definition) is 2. The third-order valence-corrected chi connectivity index (χ3v) is 3.42. The maximum atomic E-state index is 12.1. The monoisotopic (exact) mass is 265 g/mol. The van der Waals surface area contributed by atoms with Crippen molar-refractivity contribution in [2.45, 2.75) is 51.1 Å². The molecule has 0 radical (unpaired) electrons. The number of nitrogens with one attached hydrogen (secondary N) is 1. The van der Waals surface area contributed by atoms with Crippen molar-refractivity contribution in [1.29, 1.82) is 0 Å². The molecule has 1 amide bonds. The van der Waals surface area contributed by atoms with Gasteiger partial charge >= 0.3 is 5.97 Å². The van der Waals surface area contributed by atoms with Crippen LogP contribution in [0.4, 0.5) is 0 Å². The van der Waals surface area contributed by atoms with Gasteiger partial charge in [0.1, 0.15) is 12.2 Å². The van der Waals surface area contributed by atoms with Crippen molar-refractivity contribution in [1.82, 2.24) is 15.1 Å². The average Bonchev–Trinajstić information content (AvgIpc) is 2.65. The van der Waals surface area contributed by atoms with E-state index >= 15 is 0 Å². The molecule has 0 bridgehead atoms. The van der Waals surface area contributed by atoms with Crippen molar-refractivity contribution >= 4 is 11.9 Å². The summed E-state index contributed by atoms with van der Waals surface area (Å²) < 4.78 is 1.22. The van der Waals surface area contributed by atoms with E-state index < -0.39 is 5.97 Å². The summed E-state index contributed by atoms with van der Waals surface area (Å²) >= 11 is 0. The van der Waals surface area contributed by atoms with E-state index in [1.807, 2.05) is 0 Å². The molecular weight excluding hydrogens is 246 g/mol. The second-order valence-corrected chi connectivity index (χ2v) is 4.93. The predicted molar refractivity (Wildman–Crippen MR) is 68.8 cm³/mol. The van der Waals surface area contributed by atoms with E-state index in [4.69, 9.17) is 5.11 Å². The van der Waals surface area contributed by atoms with Gasteiger partial charge in [0.2, 0.25) is 0 Å². The van der Waals surface area contributed by atoms with E-state index in [1.54, 1.807) is 6.07 Å². The second-order valence-electron chi connectivity index (χ2n) is 4.93. The molecular formula is C13H19N3O3. The van der Waals surface area contributed by atoms with Gasteiger partial charge in [-0.05, 0) is 18.9 Å². The van der Waals surface area contributed by atoms with Crippen molar-refractivity contribution < 1.29 is 14.7 Å². The summed E-state index contributed by atoms with van der Waals surface area (Å²) in [6.07, 6.45) is 8.17. The highest BCUT2D eigenvalue weighted by atomic mass is 16.4. The first-order valence-corrected chi connectivity index (χ1v) is 6.71. The molecule has 1 aliphatic rings. The van der Waals surface area contributed by atoms with Gasteiger partial charge in [0.05, 0.1) is 0 Å². The van der Waals surface area contributed by atoms with Gasteiger partial charge < -0.3 is 10.4 Å². The van der Waals surface area contributed by atoms with Crippen molar-refractivity contribution in [3.8, 4) is 0 Å². The van der Waals surface area contributed by atoms with Crippen LogP contribution < -0.4 is 5.32 Å². The number of carbonyl (C=O) groups excluding carboxylic acids is 1. The number of carboxylic acids is 1. The number of carboxylic acid groups (broad SMARTS) is 1. The Balaban J connectivity index is 1.98. The summed E-state index contributed by atoms with van der Waals surface area (Å²) in [7, 11) is 0. The highest BCUT2D eigenvalue weighted by molar-refractivity contribution is 5.93. The van der Waals surface area contributed by atoms with Gasteiger partial charge in [-0.3, -0.25) is 9.59 Å². The Morgan fingerprint density at radius 2 is 2.00 bits per heavy atom. The lowest BCUT2D eigenvalue weighted by atomic mass is 10.1. The normalized spacial score (nSPS) is 16.8. The largest absolute Gasteiger partial charge is 0.480 e. The van der Waals surface area contributed by atoms with Crippen LogP contribution in [0.3, 0.4) is 0 Å². The first-order valence-electron chi connectivity index (χ1n) is 6.71. The van der Waals surface area contributed by atoms with Crippen LogP contribution in [0.5, 0.6) is 0 Å². The van der Waals surface area contributed by atoms with E-state index in [1.165, 1.54) is 23.7 Å². The number of aliphatic carboxylic acids is 1. The highest BCUT2D eigenvalue weighted by Crippen LogP contribution is 2.17. The van der Waals surface area contributed by atoms with E-state index in [-0.39, 0.29) is 18.5 Å². The Hall–Kier alpha value is -1.85. The molecule has 2 N–H and O–H groups in total. The molecule has 104 valence electrons. The van der Waals surface area contributed by atoms with E-state index in [0.717, 1.165) is 25.7 Å². The molecule has 1 saturated carbocycles. The summed E-state index contributed by atoms with van der Waals surface area (Å²) in [5.41, 5.74) is 0.312. The molecule has 1 aliphatic carbocycles. The van der Waals surface area contributed by atoms with Crippen LogP contribution >= 0.6 is 0 Å². The number of aromatic nitrogens is 2. The van der Waals surface area contributed by atoms with Gasteiger partial charge in [-0.2, -0.15) is 5.10 Å². The predicted octanol–water partition coefficient (Wildman–Crippen LogP) is 1.42. The maximum Gasteiger partial charge on any atom is 0.325 e. The SMILES string of the molecule is O=C(O)Cn1nccc1C(=O)NC1CCCCCC1. The maximum absolute atomic E-state index is 12.1. The Morgan fingerprint density at radius 3 is 2.63 bits per heavy atom. The number of hydrogen-bond acceptors (Lipinski definition) is 3. The topological polar surface area (TPSA) is 84.2 Å². The van der Waals surface area contributed by atoms with Gasteiger partial charge in [0.25, 0.3) is 5.91 Å². The summed E-state index contributed by atoms with van der Waals surface area (Å²) in [6.45, 7) is -0.291. The number of rotatable bonds is 4. The van der Waals surface area contributed by atoms with Crippen LogP contribution in [-0.2, 0) is 11.3 Å².